The van der Waals surface area contributed by atoms with E-state index in [9.17, 15) is 17.6 Å². The number of amides is 1. The van der Waals surface area contributed by atoms with E-state index in [4.69, 9.17) is 16.7 Å². The van der Waals surface area contributed by atoms with Crippen LogP contribution >= 0.6 is 11.6 Å². The Morgan fingerprint density at radius 3 is 2.43 bits per heavy atom. The average Bonchev–Trinajstić information content (AvgIpc) is 2.49. The minimum atomic E-state index is -3.73. The smallest absolute Gasteiger partial charge is 0.238 e. The Balaban J connectivity index is 1.95. The molecule has 0 radical (unpaired) electrons. The Labute approximate surface area is 138 Å². The van der Waals surface area contributed by atoms with E-state index < -0.39 is 15.8 Å². The van der Waals surface area contributed by atoms with Gasteiger partial charge in [0.25, 0.3) is 0 Å². The van der Waals surface area contributed by atoms with E-state index in [0.29, 0.717) is 6.42 Å². The molecule has 0 aliphatic carbocycles. The molecule has 0 saturated heterocycles. The van der Waals surface area contributed by atoms with Crippen LogP contribution in [0.4, 0.5) is 10.1 Å². The number of carbonyl (C=O) groups is 1. The van der Waals surface area contributed by atoms with E-state index in [1.54, 1.807) is 12.1 Å². The molecular weight excluding hydrogens is 343 g/mol. The molecule has 0 aromatic heterocycles. The van der Waals surface area contributed by atoms with Crippen molar-refractivity contribution in [1.29, 1.82) is 0 Å². The molecule has 2 aromatic rings. The van der Waals surface area contributed by atoms with Crippen molar-refractivity contribution in [3.05, 3.63) is 58.9 Å². The summed E-state index contributed by atoms with van der Waals surface area (Å²) in [6.45, 7) is 0. The second kappa shape index (κ2) is 7.08. The highest BCUT2D eigenvalue weighted by Gasteiger charge is 2.10. The van der Waals surface area contributed by atoms with Crippen molar-refractivity contribution in [2.45, 2.75) is 17.7 Å². The molecule has 0 aliphatic heterocycles. The molecule has 122 valence electrons. The van der Waals surface area contributed by atoms with E-state index >= 15 is 0 Å². The van der Waals surface area contributed by atoms with Gasteiger partial charge in [0.05, 0.1) is 15.6 Å². The molecule has 1 amide bonds. The number of rotatable bonds is 5. The van der Waals surface area contributed by atoms with Crippen LogP contribution in [0.5, 0.6) is 0 Å². The van der Waals surface area contributed by atoms with Crippen molar-refractivity contribution < 1.29 is 17.6 Å². The molecular formula is C15H14ClFN2O3S. The van der Waals surface area contributed by atoms with E-state index in [2.05, 4.69) is 5.32 Å². The molecule has 3 N–H and O–H groups in total. The Bertz CT molecular complexity index is 823. The number of sulfonamides is 1. The van der Waals surface area contributed by atoms with Gasteiger partial charge in [-0.15, -0.1) is 0 Å². The molecule has 0 bridgehead atoms. The highest BCUT2D eigenvalue weighted by Crippen LogP contribution is 2.22. The molecule has 23 heavy (non-hydrogen) atoms. The molecule has 5 nitrogen and oxygen atoms in total. The average molecular weight is 357 g/mol. The topological polar surface area (TPSA) is 89.3 Å². The minimum Gasteiger partial charge on any atom is -0.324 e. The van der Waals surface area contributed by atoms with E-state index in [0.717, 1.165) is 5.56 Å². The van der Waals surface area contributed by atoms with Crippen molar-refractivity contribution in [3.8, 4) is 0 Å². The Kier molecular flexibility index (Phi) is 5.35. The summed E-state index contributed by atoms with van der Waals surface area (Å²) < 4.78 is 35.9. The highest BCUT2D eigenvalue weighted by atomic mass is 35.5. The number of aryl methyl sites for hydroxylation is 1. The summed E-state index contributed by atoms with van der Waals surface area (Å²) >= 11 is 5.64. The minimum absolute atomic E-state index is 0.00620. The fraction of sp³-hybridized carbons (Fsp3) is 0.133. The Morgan fingerprint density at radius 1 is 1.17 bits per heavy atom. The summed E-state index contributed by atoms with van der Waals surface area (Å²) in [5.41, 5.74) is 0.784. The van der Waals surface area contributed by atoms with Crippen molar-refractivity contribution in [2.24, 2.45) is 5.14 Å². The second-order valence-corrected chi connectivity index (χ2v) is 6.81. The molecule has 0 saturated carbocycles. The monoisotopic (exact) mass is 356 g/mol. The first-order valence-corrected chi connectivity index (χ1v) is 8.55. The van der Waals surface area contributed by atoms with Crippen molar-refractivity contribution in [2.75, 3.05) is 5.32 Å². The Morgan fingerprint density at radius 2 is 1.83 bits per heavy atom. The third-order valence-electron chi connectivity index (χ3n) is 3.12. The van der Waals surface area contributed by atoms with Gasteiger partial charge in [0.2, 0.25) is 15.9 Å². The number of hydrogen-bond acceptors (Lipinski definition) is 3. The maximum absolute atomic E-state index is 13.7. The summed E-state index contributed by atoms with van der Waals surface area (Å²) in [5.74, 6) is -1.05. The lowest BCUT2D eigenvalue weighted by Gasteiger charge is -2.07. The van der Waals surface area contributed by atoms with Gasteiger partial charge in [0, 0.05) is 6.42 Å². The van der Waals surface area contributed by atoms with Crippen molar-refractivity contribution in [3.63, 3.8) is 0 Å². The van der Waals surface area contributed by atoms with Crippen LogP contribution in [0.2, 0.25) is 5.02 Å². The van der Waals surface area contributed by atoms with Crippen LogP contribution in [0, 0.1) is 5.82 Å². The van der Waals surface area contributed by atoms with Gasteiger partial charge in [-0.2, -0.15) is 0 Å². The quantitative estimate of drug-likeness (QED) is 0.863. The fourth-order valence-electron chi connectivity index (χ4n) is 1.92. The summed E-state index contributed by atoms with van der Waals surface area (Å²) in [4.78, 5) is 11.8. The van der Waals surface area contributed by atoms with Gasteiger partial charge in [0.1, 0.15) is 0 Å². The maximum atomic E-state index is 13.7. The first-order valence-electron chi connectivity index (χ1n) is 6.63. The lowest BCUT2D eigenvalue weighted by molar-refractivity contribution is -0.116. The number of nitrogens with one attached hydrogen (secondary N) is 1. The molecule has 0 spiro atoms. The molecule has 0 aliphatic rings. The highest BCUT2D eigenvalue weighted by molar-refractivity contribution is 7.89. The number of anilines is 1. The zero-order valence-corrected chi connectivity index (χ0v) is 13.5. The van der Waals surface area contributed by atoms with Crippen molar-refractivity contribution in [1.82, 2.24) is 0 Å². The van der Waals surface area contributed by atoms with Gasteiger partial charge in [-0.25, -0.2) is 17.9 Å². The van der Waals surface area contributed by atoms with E-state index in [-0.39, 0.29) is 27.9 Å². The maximum Gasteiger partial charge on any atom is 0.238 e. The molecule has 0 fully saturated rings. The van der Waals surface area contributed by atoms with Gasteiger partial charge in [-0.1, -0.05) is 29.8 Å². The molecule has 0 atom stereocenters. The first kappa shape index (κ1) is 17.4. The number of hydrogen-bond donors (Lipinski definition) is 2. The summed E-state index contributed by atoms with van der Waals surface area (Å²) in [6.07, 6.45) is 0.486. The normalized spacial score (nSPS) is 11.3. The van der Waals surface area contributed by atoms with Crippen LogP contribution < -0.4 is 10.5 Å². The SMILES string of the molecule is NS(=O)(=O)c1ccc(CCC(=O)Nc2cccc(Cl)c2F)cc1. The molecule has 2 rings (SSSR count). The zero-order valence-electron chi connectivity index (χ0n) is 11.9. The molecule has 8 heteroatoms. The van der Waals surface area contributed by atoms with Gasteiger partial charge in [0.15, 0.2) is 5.82 Å². The summed E-state index contributed by atoms with van der Waals surface area (Å²) in [5, 5.41) is 7.38. The molecule has 0 unspecified atom stereocenters. The number of benzene rings is 2. The Hall–Kier alpha value is -1.96. The zero-order chi connectivity index (χ0) is 17.0. The van der Waals surface area contributed by atoms with Gasteiger partial charge in [-0.3, -0.25) is 4.79 Å². The number of carbonyl (C=O) groups excluding carboxylic acids is 1. The summed E-state index contributed by atoms with van der Waals surface area (Å²) in [6, 6.07) is 10.2. The standard InChI is InChI=1S/C15H14ClFN2O3S/c16-12-2-1-3-13(15(12)17)19-14(20)9-6-10-4-7-11(8-5-10)23(18,21)22/h1-5,7-8H,6,9H2,(H,19,20)(H2,18,21,22). The predicted molar refractivity (Wildman–Crippen MR) is 86.2 cm³/mol. The number of nitrogens with two attached hydrogens (primary N) is 1. The number of primary sulfonamides is 1. The van der Waals surface area contributed by atoms with Crippen LogP contribution in [0.15, 0.2) is 47.4 Å². The fourth-order valence-corrected chi connectivity index (χ4v) is 2.61. The largest absolute Gasteiger partial charge is 0.324 e. The van der Waals surface area contributed by atoms with Crippen LogP contribution in [-0.4, -0.2) is 14.3 Å². The van der Waals surface area contributed by atoms with Crippen LogP contribution in [0.1, 0.15) is 12.0 Å². The van der Waals surface area contributed by atoms with E-state index in [1.165, 1.54) is 30.3 Å². The lowest BCUT2D eigenvalue weighted by atomic mass is 10.1. The van der Waals surface area contributed by atoms with Crippen LogP contribution in [0.25, 0.3) is 0 Å². The van der Waals surface area contributed by atoms with E-state index in [1.807, 2.05) is 0 Å². The third kappa shape index (κ3) is 4.75. The van der Waals surface area contributed by atoms with Crippen LogP contribution in [-0.2, 0) is 21.2 Å². The van der Waals surface area contributed by atoms with Crippen LogP contribution in [0.3, 0.4) is 0 Å². The first-order chi connectivity index (χ1) is 10.8. The van der Waals surface area contributed by atoms with Gasteiger partial charge < -0.3 is 5.32 Å². The second-order valence-electron chi connectivity index (χ2n) is 4.84. The number of halogens is 2. The molecule has 2 aromatic carbocycles. The third-order valence-corrected chi connectivity index (χ3v) is 4.34. The van der Waals surface area contributed by atoms with Crippen molar-refractivity contribution >= 4 is 33.2 Å². The van der Waals surface area contributed by atoms with Gasteiger partial charge in [-0.05, 0) is 36.2 Å². The lowest BCUT2D eigenvalue weighted by Crippen LogP contribution is -2.14. The molecule has 0 heterocycles. The van der Waals surface area contributed by atoms with Gasteiger partial charge >= 0.3 is 0 Å². The summed E-state index contributed by atoms with van der Waals surface area (Å²) in [7, 11) is -3.73. The predicted octanol–water partition coefficient (Wildman–Crippen LogP) is 2.70.